The number of carbonyl (C=O) groups is 5. The molecule has 0 aliphatic rings. The highest BCUT2D eigenvalue weighted by molar-refractivity contribution is 5.96. The molecule has 0 radical (unpaired) electrons. The Morgan fingerprint density at radius 1 is 0.907 bits per heavy atom. The summed E-state index contributed by atoms with van der Waals surface area (Å²) >= 11 is 0. The van der Waals surface area contributed by atoms with Crippen LogP contribution in [0.3, 0.4) is 0 Å². The molecule has 54 heavy (non-hydrogen) atoms. The van der Waals surface area contributed by atoms with E-state index < -0.39 is 18.0 Å². The van der Waals surface area contributed by atoms with Gasteiger partial charge in [0.25, 0.3) is 0 Å². The lowest BCUT2D eigenvalue weighted by molar-refractivity contribution is -0.131. The first kappa shape index (κ1) is 59.5. The Morgan fingerprint density at radius 2 is 1.48 bits per heavy atom. The number of hydrogen-bond donors (Lipinski definition) is 7. The molecule has 2 unspecified atom stereocenters. The van der Waals surface area contributed by atoms with Gasteiger partial charge in [-0.05, 0) is 68.8 Å². The van der Waals surface area contributed by atoms with E-state index in [1.807, 2.05) is 55.5 Å². The molecule has 0 bridgehead atoms. The molecule has 14 nitrogen and oxygen atoms in total. The summed E-state index contributed by atoms with van der Waals surface area (Å²) in [7, 11) is 4.98. The van der Waals surface area contributed by atoms with Gasteiger partial charge in [-0.2, -0.15) is 0 Å². The minimum atomic E-state index is -0.707. The van der Waals surface area contributed by atoms with Crippen molar-refractivity contribution < 1.29 is 33.8 Å². The molecule has 8 N–H and O–H groups in total. The number of carbonyl (C=O) groups excluding carboxylic acids is 5. The number of ether oxygens (including phenoxy) is 1. The minimum Gasteiger partial charge on any atom is -0.445 e. The first-order valence-corrected chi connectivity index (χ1v) is 19.6. The molecule has 1 aromatic rings. The number of aliphatic hydroxyl groups excluding tert-OH is 1. The number of aliphatic hydroxyl groups is 1. The molecule has 1 rings (SSSR count). The van der Waals surface area contributed by atoms with E-state index in [2.05, 4.69) is 60.0 Å². The second-order valence-electron chi connectivity index (χ2n) is 12.4. The Morgan fingerprint density at radius 3 is 1.89 bits per heavy atom. The Balaban J connectivity index is -0.000000370. The van der Waals surface area contributed by atoms with E-state index in [4.69, 9.17) is 9.84 Å². The van der Waals surface area contributed by atoms with Crippen LogP contribution in [0.25, 0.3) is 0 Å². The quantitative estimate of drug-likeness (QED) is 0.0679. The zero-order chi connectivity index (χ0) is 42.9. The van der Waals surface area contributed by atoms with Crippen LogP contribution in [-0.4, -0.2) is 100 Å². The Kier molecular flexibility index (Phi) is 48.1. The summed E-state index contributed by atoms with van der Waals surface area (Å²) in [5.74, 6) is 0.0300. The van der Waals surface area contributed by atoms with E-state index in [0.717, 1.165) is 37.8 Å². The Bertz CT molecular complexity index is 1030. The number of benzene rings is 1. The summed E-state index contributed by atoms with van der Waals surface area (Å²) in [5.41, 5.74) is 5.83. The molecule has 318 valence electrons. The molecule has 0 aliphatic carbocycles. The van der Waals surface area contributed by atoms with Crippen molar-refractivity contribution in [1.82, 2.24) is 26.2 Å². The maximum absolute atomic E-state index is 12.6. The van der Waals surface area contributed by atoms with Gasteiger partial charge in [-0.25, -0.2) is 4.79 Å². The largest absolute Gasteiger partial charge is 0.445 e. The van der Waals surface area contributed by atoms with Crippen molar-refractivity contribution in [3.63, 3.8) is 0 Å². The van der Waals surface area contributed by atoms with E-state index in [-0.39, 0.29) is 30.9 Å². The van der Waals surface area contributed by atoms with E-state index in [1.165, 1.54) is 11.9 Å². The summed E-state index contributed by atoms with van der Waals surface area (Å²) in [4.78, 5) is 60.0. The number of nitrogens with zero attached hydrogens (tertiary/aromatic N) is 1. The second kappa shape index (κ2) is 43.7. The van der Waals surface area contributed by atoms with Gasteiger partial charge in [-0.1, -0.05) is 94.7 Å². The van der Waals surface area contributed by atoms with Gasteiger partial charge in [0.05, 0.1) is 6.54 Å². The van der Waals surface area contributed by atoms with Gasteiger partial charge in [0.1, 0.15) is 12.6 Å². The van der Waals surface area contributed by atoms with Crippen molar-refractivity contribution in [2.45, 2.75) is 121 Å². The molecule has 0 aliphatic heterocycles. The van der Waals surface area contributed by atoms with Gasteiger partial charge in [-0.3, -0.25) is 19.2 Å². The fourth-order valence-electron chi connectivity index (χ4n) is 3.62. The van der Waals surface area contributed by atoms with Gasteiger partial charge in [0, 0.05) is 45.4 Å². The zero-order valence-electron chi connectivity index (χ0n) is 36.4. The lowest BCUT2D eigenvalue weighted by Gasteiger charge is -2.22. The van der Waals surface area contributed by atoms with Crippen molar-refractivity contribution in [2.24, 2.45) is 23.5 Å². The fraction of sp³-hybridized carbons (Fsp3) is 0.725. The van der Waals surface area contributed by atoms with Crippen molar-refractivity contribution in [3.8, 4) is 0 Å². The number of nitrogens with two attached hydrogens (primary N) is 1. The average Bonchev–Trinajstić information content (AvgIpc) is 3.18. The van der Waals surface area contributed by atoms with E-state index >= 15 is 0 Å². The topological polar surface area (TPSA) is 204 Å². The number of hydrogen-bond acceptors (Lipinski definition) is 9. The summed E-state index contributed by atoms with van der Waals surface area (Å²) in [6.45, 7) is 24.3. The lowest BCUT2D eigenvalue weighted by Crippen LogP contribution is -2.51. The molecule has 0 spiro atoms. The van der Waals surface area contributed by atoms with Crippen LogP contribution in [0.1, 0.15) is 114 Å². The molecule has 14 heteroatoms. The molecule has 0 saturated heterocycles. The SMILES string of the molecule is CC.CC.CC(C)CCO.CCC(C)CCC(=O)NC(C(=O)NCC(=O)Nc1ccc(COC(=O)N(C)CCNC)cc1)C(C)C.CCCNC=O.CN. The standard InChI is InChI=1S/C26H43N5O5.C5H12O.C4H9NO.2C2H6.CH5N/c1-7-19(4)8-13-22(32)30-24(18(2)3)25(34)28-16-23(33)29-21-11-9-20(10-12-21)17-36-26(35)31(6)15-14-27-5;1-5(2)3-4-6;1-2-3-5-4-6;3*1-2/h9-12,18-19,24,27H,7-8,13-17H2,1-6H3,(H,28,34)(H,29,33)(H,30,32);5-6H,3-4H2,1-2H3;4H,2-3H2,1H3,(H,5,6);2*1-2H3;2H2,1H3. The second-order valence-corrected chi connectivity index (χ2v) is 12.4. The van der Waals surface area contributed by atoms with Crippen LogP contribution in [-0.2, 0) is 30.5 Å². The van der Waals surface area contributed by atoms with Crippen molar-refractivity contribution in [3.05, 3.63) is 29.8 Å². The third-order valence-electron chi connectivity index (χ3n) is 7.04. The molecule has 2 atom stereocenters. The lowest BCUT2D eigenvalue weighted by atomic mass is 10.0. The molecular weight excluding hydrogens is 690 g/mol. The van der Waals surface area contributed by atoms with Crippen molar-refractivity contribution >= 4 is 35.9 Å². The number of anilines is 1. The van der Waals surface area contributed by atoms with Crippen LogP contribution < -0.4 is 32.3 Å². The molecule has 1 aromatic carbocycles. The highest BCUT2D eigenvalue weighted by Gasteiger charge is 2.24. The first-order valence-electron chi connectivity index (χ1n) is 19.6. The number of rotatable bonds is 20. The van der Waals surface area contributed by atoms with Gasteiger partial charge < -0.3 is 47.1 Å². The molecule has 0 heterocycles. The normalized spacial score (nSPS) is 10.6. The molecule has 5 amide bonds. The summed E-state index contributed by atoms with van der Waals surface area (Å²) in [6.07, 6.45) is 4.38. The smallest absolute Gasteiger partial charge is 0.409 e. The van der Waals surface area contributed by atoms with Crippen LogP contribution in [0.5, 0.6) is 0 Å². The van der Waals surface area contributed by atoms with E-state index in [9.17, 15) is 24.0 Å². The van der Waals surface area contributed by atoms with Crippen LogP contribution in [0.15, 0.2) is 24.3 Å². The third kappa shape index (κ3) is 38.0. The molecule has 0 saturated carbocycles. The van der Waals surface area contributed by atoms with Crippen LogP contribution in [0.4, 0.5) is 10.5 Å². The highest BCUT2D eigenvalue weighted by atomic mass is 16.6. The number of likely N-dealkylation sites (N-methyl/N-ethyl adjacent to an activating group) is 2. The predicted molar refractivity (Wildman–Crippen MR) is 224 cm³/mol. The Hall–Kier alpha value is -3.75. The monoisotopic (exact) mass is 772 g/mol. The van der Waals surface area contributed by atoms with Gasteiger partial charge in [-0.15, -0.1) is 0 Å². The molecule has 0 aromatic heterocycles. The van der Waals surface area contributed by atoms with Gasteiger partial charge in [0.2, 0.25) is 24.1 Å². The first-order chi connectivity index (χ1) is 25.7. The van der Waals surface area contributed by atoms with Crippen LogP contribution >= 0.6 is 0 Å². The molecule has 0 fully saturated rings. The van der Waals surface area contributed by atoms with Crippen molar-refractivity contribution in [1.29, 1.82) is 0 Å². The summed E-state index contributed by atoms with van der Waals surface area (Å²) in [5, 5.41) is 21.8. The maximum Gasteiger partial charge on any atom is 0.409 e. The van der Waals surface area contributed by atoms with E-state index in [0.29, 0.717) is 50.1 Å². The Labute approximate surface area is 328 Å². The maximum atomic E-state index is 12.6. The zero-order valence-corrected chi connectivity index (χ0v) is 36.4. The highest BCUT2D eigenvalue weighted by Crippen LogP contribution is 2.12. The van der Waals surface area contributed by atoms with Crippen LogP contribution in [0.2, 0.25) is 0 Å². The number of nitrogens with one attached hydrogen (secondary N) is 5. The fourth-order valence-corrected chi connectivity index (χ4v) is 3.62. The summed E-state index contributed by atoms with van der Waals surface area (Å²) in [6, 6.07) is 6.18. The van der Waals surface area contributed by atoms with Gasteiger partial charge >= 0.3 is 6.09 Å². The van der Waals surface area contributed by atoms with Gasteiger partial charge in [0.15, 0.2) is 0 Å². The third-order valence-corrected chi connectivity index (χ3v) is 7.04. The van der Waals surface area contributed by atoms with Crippen molar-refractivity contribution in [2.75, 3.05) is 59.2 Å². The van der Waals surface area contributed by atoms with E-state index in [1.54, 1.807) is 31.3 Å². The summed E-state index contributed by atoms with van der Waals surface area (Å²) < 4.78 is 5.27. The van der Waals surface area contributed by atoms with Crippen LogP contribution in [0, 0.1) is 17.8 Å². The molecular formula is C40H81N7O7. The minimum absolute atomic E-state index is 0.118. The average molecular weight is 772 g/mol. The number of amides is 5. The predicted octanol–water partition coefficient (Wildman–Crippen LogP) is 5.29.